The van der Waals surface area contributed by atoms with Crippen molar-refractivity contribution in [2.45, 2.75) is 37.8 Å². The lowest BCUT2D eigenvalue weighted by Crippen LogP contribution is -2.13. The first kappa shape index (κ1) is 21.5. The number of alkyl halides is 3. The van der Waals surface area contributed by atoms with Gasteiger partial charge in [-0.15, -0.1) is 0 Å². The zero-order valence-electron chi connectivity index (χ0n) is 16.9. The quantitative estimate of drug-likeness (QED) is 0.332. The first-order valence-electron chi connectivity index (χ1n) is 10.1. The van der Waals surface area contributed by atoms with Crippen molar-refractivity contribution in [3.8, 4) is 0 Å². The molecule has 7 nitrogen and oxygen atoms in total. The molecule has 0 amide bonds. The highest BCUT2D eigenvalue weighted by molar-refractivity contribution is 5.70. The summed E-state index contributed by atoms with van der Waals surface area (Å²) in [6, 6.07) is 13.1. The molecule has 0 unspecified atom stereocenters. The molecule has 1 aliphatic rings. The number of hydrogen-bond acceptors (Lipinski definition) is 6. The molecule has 0 spiro atoms. The predicted octanol–water partition coefficient (Wildman–Crippen LogP) is 6.55. The molecule has 0 bridgehead atoms. The summed E-state index contributed by atoms with van der Waals surface area (Å²) in [4.78, 5) is 18.3. The van der Waals surface area contributed by atoms with Crippen LogP contribution in [0.4, 0.5) is 42.0 Å². The van der Waals surface area contributed by atoms with E-state index in [-0.39, 0.29) is 17.3 Å². The molecule has 1 heterocycles. The fraction of sp³-hybridized carbons (Fsp3) is 0.273. The first-order valence-corrected chi connectivity index (χ1v) is 10.1. The Kier molecular flexibility index (Phi) is 5.93. The van der Waals surface area contributed by atoms with Gasteiger partial charge in [-0.05, 0) is 42.5 Å². The van der Waals surface area contributed by atoms with Crippen LogP contribution in [0.5, 0.6) is 0 Å². The average molecular weight is 443 g/mol. The molecule has 1 aromatic heterocycles. The molecular formula is C22H20F3N5O2. The summed E-state index contributed by atoms with van der Waals surface area (Å²) < 4.78 is 40.5. The Hall–Kier alpha value is -3.69. The predicted molar refractivity (Wildman–Crippen MR) is 114 cm³/mol. The number of benzene rings is 2. The van der Waals surface area contributed by atoms with Crippen molar-refractivity contribution < 1.29 is 18.1 Å². The molecule has 32 heavy (non-hydrogen) atoms. The van der Waals surface area contributed by atoms with Crippen molar-refractivity contribution in [2.24, 2.45) is 0 Å². The maximum absolute atomic E-state index is 13.5. The van der Waals surface area contributed by atoms with Crippen LogP contribution in [-0.2, 0) is 6.18 Å². The molecule has 0 radical (unpaired) electrons. The third-order valence-electron chi connectivity index (χ3n) is 5.44. The second kappa shape index (κ2) is 8.81. The number of halogens is 3. The van der Waals surface area contributed by atoms with E-state index in [1.807, 2.05) is 24.3 Å². The summed E-state index contributed by atoms with van der Waals surface area (Å²) in [5.41, 5.74) is 0.269. The molecule has 4 rings (SSSR count). The number of aromatic nitrogens is 2. The van der Waals surface area contributed by atoms with Crippen molar-refractivity contribution in [1.29, 1.82) is 0 Å². The van der Waals surface area contributed by atoms with E-state index in [0.29, 0.717) is 17.8 Å². The van der Waals surface area contributed by atoms with Gasteiger partial charge in [0.2, 0.25) is 5.95 Å². The molecular weight excluding hydrogens is 423 g/mol. The zero-order valence-corrected chi connectivity index (χ0v) is 16.9. The summed E-state index contributed by atoms with van der Waals surface area (Å²) in [5, 5.41) is 16.6. The summed E-state index contributed by atoms with van der Waals surface area (Å²) in [6.45, 7) is 0. The number of hydrogen-bond donors (Lipinski definition) is 2. The monoisotopic (exact) mass is 443 g/mol. The van der Waals surface area contributed by atoms with E-state index in [1.54, 1.807) is 0 Å². The minimum atomic E-state index is -4.74. The van der Waals surface area contributed by atoms with Crippen LogP contribution in [0.2, 0.25) is 0 Å². The third kappa shape index (κ3) is 4.79. The smallest absolute Gasteiger partial charge is 0.334 e. The van der Waals surface area contributed by atoms with Gasteiger partial charge < -0.3 is 10.6 Å². The SMILES string of the molecule is O=[N+]([O-])c1ccccc1Nc1nc(Nc2ccc(C3CCCC3)cc2)ncc1C(F)(F)F. The molecule has 10 heteroatoms. The van der Waals surface area contributed by atoms with Crippen LogP contribution in [0.15, 0.2) is 54.7 Å². The number of anilines is 4. The van der Waals surface area contributed by atoms with E-state index < -0.39 is 22.5 Å². The van der Waals surface area contributed by atoms with Crippen molar-refractivity contribution in [2.75, 3.05) is 10.6 Å². The fourth-order valence-corrected chi connectivity index (χ4v) is 3.84. The van der Waals surface area contributed by atoms with E-state index in [2.05, 4.69) is 20.6 Å². The number of para-hydroxylation sites is 2. The molecule has 2 N–H and O–H groups in total. The van der Waals surface area contributed by atoms with Gasteiger partial charge >= 0.3 is 6.18 Å². The Balaban J connectivity index is 1.61. The molecule has 1 saturated carbocycles. The van der Waals surface area contributed by atoms with Gasteiger partial charge in [0.05, 0.1) is 4.92 Å². The lowest BCUT2D eigenvalue weighted by Gasteiger charge is -2.15. The maximum Gasteiger partial charge on any atom is 0.421 e. The Morgan fingerprint density at radius 2 is 1.69 bits per heavy atom. The van der Waals surface area contributed by atoms with Gasteiger partial charge in [0.25, 0.3) is 5.69 Å². The van der Waals surface area contributed by atoms with Crippen molar-refractivity contribution in [3.05, 3.63) is 76.0 Å². The van der Waals surface area contributed by atoms with Gasteiger partial charge in [0, 0.05) is 18.0 Å². The number of nitro groups is 1. The summed E-state index contributed by atoms with van der Waals surface area (Å²) >= 11 is 0. The van der Waals surface area contributed by atoms with Gasteiger partial charge in [-0.1, -0.05) is 37.1 Å². The van der Waals surface area contributed by atoms with Crippen LogP contribution in [0.1, 0.15) is 42.7 Å². The number of rotatable bonds is 6. The molecule has 3 aromatic rings. The summed E-state index contributed by atoms with van der Waals surface area (Å²) in [7, 11) is 0. The summed E-state index contributed by atoms with van der Waals surface area (Å²) in [6.07, 6.45) is 0.677. The summed E-state index contributed by atoms with van der Waals surface area (Å²) in [5.74, 6) is -0.0941. The van der Waals surface area contributed by atoms with Crippen LogP contribution >= 0.6 is 0 Å². The van der Waals surface area contributed by atoms with Crippen LogP contribution in [0, 0.1) is 10.1 Å². The maximum atomic E-state index is 13.5. The van der Waals surface area contributed by atoms with Crippen molar-refractivity contribution >= 4 is 28.8 Å². The van der Waals surface area contributed by atoms with Gasteiger partial charge in [-0.2, -0.15) is 18.2 Å². The topological polar surface area (TPSA) is 93.0 Å². The number of nitrogens with zero attached hydrogens (tertiary/aromatic N) is 3. The van der Waals surface area contributed by atoms with E-state index in [9.17, 15) is 23.3 Å². The second-order valence-electron chi connectivity index (χ2n) is 7.58. The lowest BCUT2D eigenvalue weighted by atomic mass is 9.98. The highest BCUT2D eigenvalue weighted by Gasteiger charge is 2.36. The normalized spacial score (nSPS) is 14.3. The Bertz CT molecular complexity index is 1110. The average Bonchev–Trinajstić information content (AvgIpc) is 3.29. The van der Waals surface area contributed by atoms with Gasteiger partial charge in [-0.25, -0.2) is 4.98 Å². The fourth-order valence-electron chi connectivity index (χ4n) is 3.84. The molecule has 0 atom stereocenters. The van der Waals surface area contributed by atoms with Gasteiger partial charge in [0.15, 0.2) is 0 Å². The molecule has 1 aliphatic carbocycles. The molecule has 1 fully saturated rings. The van der Waals surface area contributed by atoms with Crippen LogP contribution in [0.3, 0.4) is 0 Å². The largest absolute Gasteiger partial charge is 0.421 e. The minimum Gasteiger partial charge on any atom is -0.334 e. The number of nitrogens with one attached hydrogen (secondary N) is 2. The highest BCUT2D eigenvalue weighted by Crippen LogP contribution is 2.37. The van der Waals surface area contributed by atoms with Gasteiger partial charge in [-0.3, -0.25) is 10.1 Å². The van der Waals surface area contributed by atoms with Crippen LogP contribution in [0.25, 0.3) is 0 Å². The van der Waals surface area contributed by atoms with Crippen LogP contribution < -0.4 is 10.6 Å². The van der Waals surface area contributed by atoms with E-state index in [0.717, 1.165) is 12.8 Å². The molecule has 0 saturated heterocycles. The Morgan fingerprint density at radius 3 is 2.34 bits per heavy atom. The van der Waals surface area contributed by atoms with Crippen LogP contribution in [-0.4, -0.2) is 14.9 Å². The Labute approximate surface area is 181 Å². The lowest BCUT2D eigenvalue weighted by molar-refractivity contribution is -0.383. The second-order valence-corrected chi connectivity index (χ2v) is 7.58. The van der Waals surface area contributed by atoms with Crippen molar-refractivity contribution in [1.82, 2.24) is 9.97 Å². The van der Waals surface area contributed by atoms with E-state index in [4.69, 9.17) is 0 Å². The molecule has 2 aromatic carbocycles. The third-order valence-corrected chi connectivity index (χ3v) is 5.44. The zero-order chi connectivity index (χ0) is 22.7. The standard InChI is InChI=1S/C22H20F3N5O2/c23-22(24,25)17-13-26-21(27-16-11-9-15(10-12-16)14-5-1-2-6-14)29-20(17)28-18-7-3-4-8-19(18)30(31)32/h3-4,7-14H,1-2,5-6H2,(H2,26,27,28,29). The molecule has 166 valence electrons. The van der Waals surface area contributed by atoms with Crippen molar-refractivity contribution in [3.63, 3.8) is 0 Å². The minimum absolute atomic E-state index is 0.0623. The first-order chi connectivity index (χ1) is 15.3. The van der Waals surface area contributed by atoms with Gasteiger partial charge in [0.1, 0.15) is 17.1 Å². The van der Waals surface area contributed by atoms with E-state index in [1.165, 1.54) is 42.7 Å². The Morgan fingerprint density at radius 1 is 1.00 bits per heavy atom. The number of nitro benzene ring substituents is 1. The highest BCUT2D eigenvalue weighted by atomic mass is 19.4. The molecule has 0 aliphatic heterocycles. The van der Waals surface area contributed by atoms with E-state index >= 15 is 0 Å².